The molecule has 0 aromatic heterocycles. The zero-order chi connectivity index (χ0) is 14.3. The molecule has 1 aliphatic heterocycles. The molecule has 112 valence electrons. The van der Waals surface area contributed by atoms with Crippen molar-refractivity contribution in [2.24, 2.45) is 10.8 Å². The Balaban J connectivity index is 1.88. The molecule has 0 bridgehead atoms. The van der Waals surface area contributed by atoms with Crippen molar-refractivity contribution < 1.29 is 4.39 Å². The Labute approximate surface area is 118 Å². The van der Waals surface area contributed by atoms with Crippen LogP contribution < -0.4 is 0 Å². The second-order valence-electron chi connectivity index (χ2n) is 8.49. The highest BCUT2D eigenvalue weighted by Gasteiger charge is 2.42. The Morgan fingerprint density at radius 2 is 1.42 bits per heavy atom. The zero-order valence-corrected chi connectivity index (χ0v) is 13.6. The van der Waals surface area contributed by atoms with Gasteiger partial charge in [0, 0.05) is 6.04 Å². The number of alkyl halides is 1. The van der Waals surface area contributed by atoms with Gasteiger partial charge in [0.1, 0.15) is 5.67 Å². The van der Waals surface area contributed by atoms with E-state index in [1.807, 2.05) is 0 Å². The summed E-state index contributed by atoms with van der Waals surface area (Å²) in [6.07, 6.45) is 6.20. The van der Waals surface area contributed by atoms with Crippen LogP contribution in [0.2, 0.25) is 0 Å². The predicted molar refractivity (Wildman–Crippen MR) is 80.1 cm³/mol. The topological polar surface area (TPSA) is 3.24 Å². The second-order valence-corrected chi connectivity index (χ2v) is 8.49. The molecule has 0 aromatic rings. The minimum atomic E-state index is -0.897. The minimum absolute atomic E-state index is 0.392. The van der Waals surface area contributed by atoms with Crippen LogP contribution in [0.4, 0.5) is 4.39 Å². The molecule has 2 rings (SSSR count). The summed E-state index contributed by atoms with van der Waals surface area (Å²) < 4.78 is 13.9. The molecule has 0 atom stereocenters. The van der Waals surface area contributed by atoms with E-state index < -0.39 is 5.67 Å². The first-order chi connectivity index (χ1) is 8.63. The van der Waals surface area contributed by atoms with Crippen molar-refractivity contribution >= 4 is 0 Å². The fraction of sp³-hybridized carbons (Fsp3) is 1.00. The van der Waals surface area contributed by atoms with Gasteiger partial charge in [-0.15, -0.1) is 0 Å². The van der Waals surface area contributed by atoms with Gasteiger partial charge in [-0.25, -0.2) is 4.39 Å². The molecule has 1 saturated heterocycles. The molecular weight excluding hydrogens is 237 g/mol. The summed E-state index contributed by atoms with van der Waals surface area (Å²) in [7, 11) is 0. The van der Waals surface area contributed by atoms with E-state index in [4.69, 9.17) is 0 Å². The smallest absolute Gasteiger partial charge is 0.108 e. The van der Waals surface area contributed by atoms with Gasteiger partial charge in [-0.05, 0) is 69.4 Å². The molecule has 0 radical (unpaired) electrons. The molecule has 0 N–H and O–H groups in total. The van der Waals surface area contributed by atoms with E-state index in [-0.39, 0.29) is 0 Å². The van der Waals surface area contributed by atoms with E-state index in [1.165, 1.54) is 25.9 Å². The van der Waals surface area contributed by atoms with Crippen LogP contribution in [0.5, 0.6) is 0 Å². The summed E-state index contributed by atoms with van der Waals surface area (Å²) in [6.45, 7) is 13.8. The Hall–Kier alpha value is -0.110. The Morgan fingerprint density at radius 3 is 1.84 bits per heavy atom. The van der Waals surface area contributed by atoms with Crippen LogP contribution in [0.15, 0.2) is 0 Å². The molecule has 1 aliphatic carbocycles. The summed E-state index contributed by atoms with van der Waals surface area (Å²) in [6, 6.07) is 0.647. The van der Waals surface area contributed by atoms with Gasteiger partial charge in [-0.3, -0.25) is 0 Å². The van der Waals surface area contributed by atoms with Gasteiger partial charge in [0.25, 0.3) is 0 Å². The van der Waals surface area contributed by atoms with E-state index in [1.54, 1.807) is 6.92 Å². The zero-order valence-electron chi connectivity index (χ0n) is 13.6. The van der Waals surface area contributed by atoms with Gasteiger partial charge in [0.05, 0.1) is 0 Å². The van der Waals surface area contributed by atoms with E-state index in [9.17, 15) is 4.39 Å². The number of halogens is 1. The van der Waals surface area contributed by atoms with Crippen molar-refractivity contribution in [2.75, 3.05) is 13.1 Å². The first kappa shape index (κ1) is 15.3. The number of hydrogen-bond acceptors (Lipinski definition) is 1. The molecular formula is C17H32FN. The molecule has 1 heterocycles. The minimum Gasteiger partial charge on any atom is -0.300 e. The normalized spacial score (nSPS) is 37.3. The average molecular weight is 269 g/mol. The SMILES string of the molecule is CC1(F)CCC(N2CCC(C)(C(C)(C)C)CC2)CC1. The highest BCUT2D eigenvalue weighted by atomic mass is 19.1. The van der Waals surface area contributed by atoms with E-state index in [0.717, 1.165) is 25.7 Å². The van der Waals surface area contributed by atoms with Gasteiger partial charge in [0.15, 0.2) is 0 Å². The van der Waals surface area contributed by atoms with Crippen LogP contribution in [0.3, 0.4) is 0 Å². The molecule has 1 nitrogen and oxygen atoms in total. The lowest BCUT2D eigenvalue weighted by molar-refractivity contribution is -0.0112. The number of likely N-dealkylation sites (tertiary alicyclic amines) is 1. The summed E-state index contributed by atoms with van der Waals surface area (Å²) in [5, 5.41) is 0. The van der Waals surface area contributed by atoms with Crippen molar-refractivity contribution in [3.8, 4) is 0 Å². The number of nitrogens with zero attached hydrogens (tertiary/aromatic N) is 1. The molecule has 19 heavy (non-hydrogen) atoms. The third kappa shape index (κ3) is 3.32. The van der Waals surface area contributed by atoms with Crippen LogP contribution >= 0.6 is 0 Å². The third-order valence-corrected chi connectivity index (χ3v) is 6.23. The van der Waals surface area contributed by atoms with Crippen LogP contribution in [0.1, 0.15) is 73.1 Å². The first-order valence-electron chi connectivity index (χ1n) is 8.06. The van der Waals surface area contributed by atoms with Crippen molar-refractivity contribution in [1.82, 2.24) is 4.90 Å². The van der Waals surface area contributed by atoms with Gasteiger partial charge in [-0.2, -0.15) is 0 Å². The van der Waals surface area contributed by atoms with Gasteiger partial charge >= 0.3 is 0 Å². The van der Waals surface area contributed by atoms with Crippen molar-refractivity contribution in [1.29, 1.82) is 0 Å². The molecule has 0 unspecified atom stereocenters. The lowest BCUT2D eigenvalue weighted by Crippen LogP contribution is -2.50. The maximum atomic E-state index is 13.9. The van der Waals surface area contributed by atoms with Crippen LogP contribution in [0.25, 0.3) is 0 Å². The maximum absolute atomic E-state index is 13.9. The molecule has 0 spiro atoms. The van der Waals surface area contributed by atoms with E-state index >= 15 is 0 Å². The number of piperidine rings is 1. The Bertz CT molecular complexity index is 298. The maximum Gasteiger partial charge on any atom is 0.108 e. The summed E-state index contributed by atoms with van der Waals surface area (Å²) in [4.78, 5) is 2.64. The fourth-order valence-corrected chi connectivity index (χ4v) is 3.70. The molecule has 0 aromatic carbocycles. The third-order valence-electron chi connectivity index (χ3n) is 6.23. The second kappa shape index (κ2) is 5.02. The van der Waals surface area contributed by atoms with Gasteiger partial charge < -0.3 is 4.90 Å². The van der Waals surface area contributed by atoms with Crippen LogP contribution in [0, 0.1) is 10.8 Å². The Morgan fingerprint density at radius 1 is 0.947 bits per heavy atom. The van der Waals surface area contributed by atoms with Crippen molar-refractivity contribution in [3.63, 3.8) is 0 Å². The molecule has 2 heteroatoms. The van der Waals surface area contributed by atoms with E-state index in [0.29, 0.717) is 16.9 Å². The molecule has 2 fully saturated rings. The summed E-state index contributed by atoms with van der Waals surface area (Å²) >= 11 is 0. The van der Waals surface area contributed by atoms with Gasteiger partial charge in [-0.1, -0.05) is 27.7 Å². The predicted octanol–water partition coefficient (Wildman–Crippen LogP) is 4.81. The number of rotatable bonds is 1. The summed E-state index contributed by atoms with van der Waals surface area (Å²) in [5.74, 6) is 0. The lowest BCUT2D eigenvalue weighted by atomic mass is 9.62. The summed E-state index contributed by atoms with van der Waals surface area (Å²) in [5.41, 5.74) is -0.0395. The highest BCUT2D eigenvalue weighted by Crippen LogP contribution is 2.47. The quantitative estimate of drug-likeness (QED) is 0.660. The fourth-order valence-electron chi connectivity index (χ4n) is 3.70. The Kier molecular flexibility index (Phi) is 4.04. The average Bonchev–Trinajstić information content (AvgIpc) is 2.29. The highest BCUT2D eigenvalue weighted by molar-refractivity contribution is 4.94. The van der Waals surface area contributed by atoms with E-state index in [2.05, 4.69) is 32.6 Å². The monoisotopic (exact) mass is 269 g/mol. The van der Waals surface area contributed by atoms with Crippen LogP contribution in [-0.2, 0) is 0 Å². The lowest BCUT2D eigenvalue weighted by Gasteiger charge is -2.50. The van der Waals surface area contributed by atoms with Crippen molar-refractivity contribution in [3.05, 3.63) is 0 Å². The largest absolute Gasteiger partial charge is 0.300 e. The number of hydrogen-bond donors (Lipinski definition) is 0. The van der Waals surface area contributed by atoms with Gasteiger partial charge in [0.2, 0.25) is 0 Å². The van der Waals surface area contributed by atoms with Crippen LogP contribution in [-0.4, -0.2) is 29.7 Å². The molecule has 2 aliphatic rings. The standard InChI is InChI=1S/C17H32FN/c1-15(2,3)16(4)10-12-19(13-11-16)14-6-8-17(5,18)9-7-14/h14H,6-13H2,1-5H3. The molecule has 0 amide bonds. The molecule has 1 saturated carbocycles. The van der Waals surface area contributed by atoms with Crippen molar-refractivity contribution in [2.45, 2.75) is 84.9 Å². The first-order valence-corrected chi connectivity index (χ1v) is 8.06.